The molecule has 0 radical (unpaired) electrons. The first-order valence-corrected chi connectivity index (χ1v) is 34.7. The van der Waals surface area contributed by atoms with Crippen LogP contribution in [0.1, 0.15) is 310 Å². The van der Waals surface area contributed by atoms with Gasteiger partial charge in [0.25, 0.3) is 0 Å². The number of ether oxygens (including phenoxy) is 3. The minimum Gasteiger partial charge on any atom is -0.454 e. The van der Waals surface area contributed by atoms with Crippen LogP contribution in [-0.4, -0.2) is 99.6 Å². The second kappa shape index (κ2) is 59.4. The van der Waals surface area contributed by atoms with Crippen molar-refractivity contribution in [2.24, 2.45) is 0 Å². The van der Waals surface area contributed by atoms with Gasteiger partial charge in [0.2, 0.25) is 5.91 Å². The normalized spacial score (nSPS) is 19.0. The molecule has 1 fully saturated rings. The Morgan fingerprint density at radius 1 is 0.470 bits per heavy atom. The third-order valence-corrected chi connectivity index (χ3v) is 16.1. The molecule has 1 aliphatic rings. The fraction of sp³-hybridized carbons (Fsp3) is 0.806. The average molecular weight is 1170 g/mol. The number of carbonyl (C=O) groups excluding carboxylic acids is 2. The Morgan fingerprint density at radius 2 is 0.831 bits per heavy atom. The zero-order valence-electron chi connectivity index (χ0n) is 53.6. The first-order chi connectivity index (χ1) is 40.7. The number of hydrogen-bond acceptors (Lipinski definition) is 10. The number of carbonyl (C=O) groups is 2. The Hall–Kier alpha value is -2.90. The zero-order chi connectivity index (χ0) is 60.3. The van der Waals surface area contributed by atoms with Gasteiger partial charge in [0.05, 0.1) is 25.4 Å². The largest absolute Gasteiger partial charge is 0.454 e. The van der Waals surface area contributed by atoms with E-state index in [1.165, 1.54) is 167 Å². The van der Waals surface area contributed by atoms with Gasteiger partial charge in [0.15, 0.2) is 12.4 Å². The van der Waals surface area contributed by atoms with E-state index in [9.17, 15) is 35.1 Å². The second-order valence-electron chi connectivity index (χ2n) is 23.9. The molecule has 11 nitrogen and oxygen atoms in total. The average Bonchev–Trinajstić information content (AvgIpc) is 3.52. The number of amides is 1. The predicted molar refractivity (Wildman–Crippen MR) is 347 cm³/mol. The number of allylic oxidation sites excluding steroid dienone is 11. The van der Waals surface area contributed by atoms with Crippen molar-refractivity contribution >= 4 is 11.9 Å². The summed E-state index contributed by atoms with van der Waals surface area (Å²) in [6, 6.07) is -1.03. The molecule has 0 aliphatic carbocycles. The van der Waals surface area contributed by atoms with E-state index < -0.39 is 67.4 Å². The number of esters is 1. The van der Waals surface area contributed by atoms with Gasteiger partial charge in [-0.1, -0.05) is 280 Å². The van der Waals surface area contributed by atoms with E-state index in [0.717, 1.165) is 96.3 Å². The lowest BCUT2D eigenvalue weighted by atomic mass is 9.99. The molecule has 1 heterocycles. The third-order valence-electron chi connectivity index (χ3n) is 16.1. The molecule has 0 bridgehead atoms. The van der Waals surface area contributed by atoms with Crippen LogP contribution in [0.15, 0.2) is 72.9 Å². The minimum atomic E-state index is -1.62. The summed E-state index contributed by atoms with van der Waals surface area (Å²) in [6.45, 7) is 5.77. The van der Waals surface area contributed by atoms with E-state index >= 15 is 0 Å². The SMILES string of the molecule is CCCCC/C=C\C/C=C\C/C=C\C/C=C\CCCCCCCCC(O)C(=O)NC(COC1OC(CO)C(O)C(O)C1OC(=O)CCCCCCCCCCCCC/C=C/CCCCCCCC)C(O)/C=C/CCCCCCCCCCC. The van der Waals surface area contributed by atoms with Gasteiger partial charge in [-0.05, 0) is 96.3 Å². The van der Waals surface area contributed by atoms with Crippen LogP contribution < -0.4 is 5.32 Å². The van der Waals surface area contributed by atoms with Gasteiger partial charge in [-0.2, -0.15) is 0 Å². The van der Waals surface area contributed by atoms with Crippen LogP contribution in [0.4, 0.5) is 0 Å². The third kappa shape index (κ3) is 46.9. The Kier molecular flexibility index (Phi) is 55.9. The highest BCUT2D eigenvalue weighted by Gasteiger charge is 2.47. The second-order valence-corrected chi connectivity index (χ2v) is 23.9. The highest BCUT2D eigenvalue weighted by Crippen LogP contribution is 2.26. The molecule has 0 aromatic rings. The first-order valence-electron chi connectivity index (χ1n) is 34.7. The highest BCUT2D eigenvalue weighted by molar-refractivity contribution is 5.80. The topological polar surface area (TPSA) is 175 Å². The van der Waals surface area contributed by atoms with E-state index in [0.29, 0.717) is 12.8 Å². The molecule has 1 aliphatic heterocycles. The van der Waals surface area contributed by atoms with Crippen molar-refractivity contribution in [3.8, 4) is 0 Å². The monoisotopic (exact) mass is 1170 g/mol. The number of rotatable bonds is 59. The first kappa shape index (κ1) is 78.1. The van der Waals surface area contributed by atoms with Gasteiger partial charge in [-0.25, -0.2) is 0 Å². The lowest BCUT2D eigenvalue weighted by molar-refractivity contribution is -0.305. The predicted octanol–water partition coefficient (Wildman–Crippen LogP) is 17.5. The molecule has 8 unspecified atom stereocenters. The van der Waals surface area contributed by atoms with Crippen LogP contribution in [0.2, 0.25) is 0 Å². The van der Waals surface area contributed by atoms with Crippen molar-refractivity contribution in [2.45, 2.75) is 359 Å². The number of unbranched alkanes of at least 4 members (excludes halogenated alkanes) is 35. The summed E-state index contributed by atoms with van der Waals surface area (Å²) in [4.78, 5) is 26.6. The van der Waals surface area contributed by atoms with Crippen LogP contribution in [-0.2, 0) is 23.8 Å². The van der Waals surface area contributed by atoms with E-state index in [1.54, 1.807) is 6.08 Å². The van der Waals surface area contributed by atoms with Gasteiger partial charge in [-0.3, -0.25) is 9.59 Å². The summed E-state index contributed by atoms with van der Waals surface area (Å²) < 4.78 is 17.7. The summed E-state index contributed by atoms with van der Waals surface area (Å²) in [5.41, 5.74) is 0. The molecule has 11 heteroatoms. The van der Waals surface area contributed by atoms with E-state index in [4.69, 9.17) is 14.2 Å². The fourth-order valence-electron chi connectivity index (χ4n) is 10.6. The van der Waals surface area contributed by atoms with Crippen LogP contribution >= 0.6 is 0 Å². The number of aliphatic hydroxyl groups excluding tert-OH is 5. The van der Waals surface area contributed by atoms with E-state index in [-0.39, 0.29) is 19.4 Å². The van der Waals surface area contributed by atoms with E-state index in [1.807, 2.05) is 6.08 Å². The molecule has 1 saturated heterocycles. The van der Waals surface area contributed by atoms with E-state index in [2.05, 4.69) is 86.8 Å². The molecular weight excluding hydrogens is 1040 g/mol. The Morgan fingerprint density at radius 3 is 1.28 bits per heavy atom. The number of aliphatic hydroxyl groups is 5. The van der Waals surface area contributed by atoms with Crippen LogP contribution in [0.25, 0.3) is 0 Å². The summed E-state index contributed by atoms with van der Waals surface area (Å²) in [5.74, 6) is -1.20. The van der Waals surface area contributed by atoms with Crippen molar-refractivity contribution < 1.29 is 49.3 Å². The molecule has 1 amide bonds. The quantitative estimate of drug-likeness (QED) is 0.0195. The van der Waals surface area contributed by atoms with Gasteiger partial charge in [-0.15, -0.1) is 0 Å². The smallest absolute Gasteiger partial charge is 0.306 e. The Bertz CT molecular complexity index is 1630. The van der Waals surface area contributed by atoms with Crippen molar-refractivity contribution in [3.63, 3.8) is 0 Å². The van der Waals surface area contributed by atoms with Crippen molar-refractivity contribution in [2.75, 3.05) is 13.2 Å². The Balaban J connectivity index is 2.60. The lowest BCUT2D eigenvalue weighted by Gasteiger charge is -2.41. The summed E-state index contributed by atoms with van der Waals surface area (Å²) >= 11 is 0. The van der Waals surface area contributed by atoms with Crippen LogP contribution in [0.3, 0.4) is 0 Å². The summed E-state index contributed by atoms with van der Waals surface area (Å²) in [7, 11) is 0. The van der Waals surface area contributed by atoms with Crippen molar-refractivity contribution in [3.05, 3.63) is 72.9 Å². The van der Waals surface area contributed by atoms with Crippen molar-refractivity contribution in [1.82, 2.24) is 5.32 Å². The summed E-state index contributed by atoms with van der Waals surface area (Å²) in [6.07, 6.45) is 66.5. The maximum absolute atomic E-state index is 13.5. The maximum Gasteiger partial charge on any atom is 0.306 e. The molecule has 6 N–H and O–H groups in total. The molecule has 0 saturated carbocycles. The molecular formula is C72H129NO10. The van der Waals surface area contributed by atoms with Crippen LogP contribution in [0, 0.1) is 0 Å². The lowest BCUT2D eigenvalue weighted by Crippen LogP contribution is -2.61. The molecule has 482 valence electrons. The summed E-state index contributed by atoms with van der Waals surface area (Å²) in [5, 5.41) is 57.1. The highest BCUT2D eigenvalue weighted by atomic mass is 16.7. The zero-order valence-corrected chi connectivity index (χ0v) is 53.6. The van der Waals surface area contributed by atoms with Gasteiger partial charge in [0, 0.05) is 6.42 Å². The van der Waals surface area contributed by atoms with Gasteiger partial charge >= 0.3 is 5.97 Å². The van der Waals surface area contributed by atoms with Gasteiger partial charge < -0.3 is 45.1 Å². The minimum absolute atomic E-state index is 0.121. The molecule has 0 aromatic heterocycles. The fourth-order valence-corrected chi connectivity index (χ4v) is 10.6. The molecule has 83 heavy (non-hydrogen) atoms. The van der Waals surface area contributed by atoms with Gasteiger partial charge in [0.1, 0.15) is 24.4 Å². The number of nitrogens with one attached hydrogen (secondary N) is 1. The molecule has 8 atom stereocenters. The molecule has 0 spiro atoms. The maximum atomic E-state index is 13.5. The molecule has 0 aromatic carbocycles. The standard InChI is InChI=1S/C72H129NO10/c1-4-7-10-13-16-19-22-24-26-28-30-32-34-35-37-39-41-44-47-50-53-56-59-65(76)71(80)73-63(64(75)58-55-52-49-46-43-21-18-15-12-9-6-3)62-81-72-70(69(79)68(78)66(61-74)82-72)83-67(77)60-57-54-51-48-45-42-40-38-36-33-31-29-27-25-23-20-17-14-11-8-5-2/h16,19,24-27,30,32,35,37,55,58,63-66,68-70,72,74-76,78-79H,4-15,17-18,20-23,28-29,31,33-34,36,38-54,56-57,59-62H2,1-3H3,(H,73,80)/b19-16-,26-24-,27-25+,32-30-,37-35-,58-55+. The van der Waals surface area contributed by atoms with Crippen LogP contribution in [0.5, 0.6) is 0 Å². The Labute approximate surface area is 509 Å². The van der Waals surface area contributed by atoms with Crippen molar-refractivity contribution in [1.29, 1.82) is 0 Å². The molecule has 1 rings (SSSR count). The number of hydrogen-bond donors (Lipinski definition) is 6.